The van der Waals surface area contributed by atoms with E-state index in [-0.39, 0.29) is 6.04 Å². The van der Waals surface area contributed by atoms with Gasteiger partial charge in [0.15, 0.2) is 11.5 Å². The van der Waals surface area contributed by atoms with Crippen molar-refractivity contribution >= 4 is 0 Å². The van der Waals surface area contributed by atoms with E-state index in [2.05, 4.69) is 5.32 Å². The lowest BCUT2D eigenvalue weighted by Crippen LogP contribution is -2.24. The lowest BCUT2D eigenvalue weighted by molar-refractivity contribution is 0.343. The third-order valence-electron chi connectivity index (χ3n) is 3.70. The van der Waals surface area contributed by atoms with E-state index in [1.165, 1.54) is 0 Å². The fourth-order valence-corrected chi connectivity index (χ4v) is 2.55. The molecule has 0 spiro atoms. The highest BCUT2D eigenvalue weighted by atomic mass is 16.5. The van der Waals surface area contributed by atoms with Crippen molar-refractivity contribution in [2.75, 3.05) is 34.4 Å². The summed E-state index contributed by atoms with van der Waals surface area (Å²) in [7, 11) is 4.87. The van der Waals surface area contributed by atoms with Crippen LogP contribution in [-0.2, 0) is 0 Å². The number of rotatable bonds is 5. The van der Waals surface area contributed by atoms with Gasteiger partial charge in [-0.1, -0.05) is 0 Å². The van der Waals surface area contributed by atoms with Gasteiger partial charge >= 0.3 is 0 Å². The highest BCUT2D eigenvalue weighted by molar-refractivity contribution is 5.52. The van der Waals surface area contributed by atoms with Gasteiger partial charge in [0.1, 0.15) is 5.75 Å². The molecule has 1 aliphatic rings. The molecule has 1 saturated heterocycles. The molecule has 1 aromatic carbocycles. The smallest absolute Gasteiger partial charge is 0.164 e. The third-order valence-corrected chi connectivity index (χ3v) is 3.70. The Morgan fingerprint density at radius 3 is 2.26 bits per heavy atom. The molecule has 0 amide bonds. The van der Waals surface area contributed by atoms with Gasteiger partial charge in [0, 0.05) is 17.7 Å². The van der Waals surface area contributed by atoms with Crippen molar-refractivity contribution in [2.24, 2.45) is 11.7 Å². The predicted molar refractivity (Wildman–Crippen MR) is 74.0 cm³/mol. The van der Waals surface area contributed by atoms with Gasteiger partial charge in [0.2, 0.25) is 0 Å². The van der Waals surface area contributed by atoms with Crippen molar-refractivity contribution in [3.05, 3.63) is 17.7 Å². The molecular weight excluding hydrogens is 244 g/mol. The Kier molecular flexibility index (Phi) is 4.50. The molecule has 0 bridgehead atoms. The van der Waals surface area contributed by atoms with Crippen LogP contribution in [0.25, 0.3) is 0 Å². The molecule has 19 heavy (non-hydrogen) atoms. The van der Waals surface area contributed by atoms with Gasteiger partial charge in [-0.05, 0) is 31.5 Å². The summed E-state index contributed by atoms with van der Waals surface area (Å²) < 4.78 is 16.1. The van der Waals surface area contributed by atoms with Crippen LogP contribution in [0.5, 0.6) is 17.2 Å². The predicted octanol–water partition coefficient (Wildman–Crippen LogP) is 1.32. The molecule has 1 aliphatic heterocycles. The summed E-state index contributed by atoms with van der Waals surface area (Å²) in [6.45, 7) is 1.96. The molecule has 2 atom stereocenters. The average Bonchev–Trinajstić information content (AvgIpc) is 2.99. The molecule has 2 rings (SSSR count). The molecule has 1 fully saturated rings. The first-order valence-corrected chi connectivity index (χ1v) is 6.47. The zero-order chi connectivity index (χ0) is 13.8. The molecule has 3 N–H and O–H groups in total. The summed E-state index contributed by atoms with van der Waals surface area (Å²) in [5.41, 5.74) is 7.34. The normalized spacial score (nSPS) is 20.1. The first-order valence-electron chi connectivity index (χ1n) is 6.47. The molecule has 1 aromatic rings. The van der Waals surface area contributed by atoms with E-state index in [1.807, 2.05) is 12.1 Å². The zero-order valence-electron chi connectivity index (χ0n) is 11.7. The van der Waals surface area contributed by atoms with Crippen molar-refractivity contribution in [3.8, 4) is 17.2 Å². The Bertz CT molecular complexity index is 431. The summed E-state index contributed by atoms with van der Waals surface area (Å²) in [6.07, 6.45) is 1.08. The first-order chi connectivity index (χ1) is 9.21. The van der Waals surface area contributed by atoms with E-state index in [1.54, 1.807) is 21.3 Å². The van der Waals surface area contributed by atoms with E-state index in [4.69, 9.17) is 19.9 Å². The van der Waals surface area contributed by atoms with Crippen LogP contribution in [-0.4, -0.2) is 34.4 Å². The van der Waals surface area contributed by atoms with E-state index >= 15 is 0 Å². The molecule has 0 radical (unpaired) electrons. The molecule has 0 aromatic heterocycles. The van der Waals surface area contributed by atoms with Crippen LogP contribution in [0.3, 0.4) is 0 Å². The minimum Gasteiger partial charge on any atom is -0.496 e. The Balaban J connectivity index is 2.36. The topological polar surface area (TPSA) is 65.7 Å². The Morgan fingerprint density at radius 1 is 1.11 bits per heavy atom. The van der Waals surface area contributed by atoms with Gasteiger partial charge in [-0.3, -0.25) is 0 Å². The number of hydrogen-bond acceptors (Lipinski definition) is 5. The van der Waals surface area contributed by atoms with Crippen LogP contribution in [0.2, 0.25) is 0 Å². The van der Waals surface area contributed by atoms with E-state index < -0.39 is 0 Å². The summed E-state index contributed by atoms with van der Waals surface area (Å²) in [5, 5.41) is 3.33. The van der Waals surface area contributed by atoms with E-state index in [0.717, 1.165) is 30.8 Å². The number of hydrogen-bond donors (Lipinski definition) is 2. The average molecular weight is 266 g/mol. The Hall–Kier alpha value is -1.46. The first kappa shape index (κ1) is 14.0. The van der Waals surface area contributed by atoms with E-state index in [0.29, 0.717) is 17.4 Å². The van der Waals surface area contributed by atoms with Gasteiger partial charge in [0.05, 0.1) is 21.3 Å². The highest BCUT2D eigenvalue weighted by Gasteiger charge is 2.26. The van der Waals surface area contributed by atoms with Crippen molar-refractivity contribution in [2.45, 2.75) is 12.5 Å². The number of nitrogens with one attached hydrogen (secondary N) is 1. The van der Waals surface area contributed by atoms with Gasteiger partial charge in [-0.15, -0.1) is 0 Å². The fourth-order valence-electron chi connectivity index (χ4n) is 2.55. The maximum atomic E-state index is 6.38. The van der Waals surface area contributed by atoms with Crippen molar-refractivity contribution in [3.63, 3.8) is 0 Å². The lowest BCUT2D eigenvalue weighted by atomic mass is 9.92. The zero-order valence-corrected chi connectivity index (χ0v) is 11.7. The minimum atomic E-state index is -0.0650. The highest BCUT2D eigenvalue weighted by Crippen LogP contribution is 2.39. The van der Waals surface area contributed by atoms with Crippen LogP contribution in [0.4, 0.5) is 0 Å². The molecule has 106 valence electrons. The van der Waals surface area contributed by atoms with Gasteiger partial charge in [-0.25, -0.2) is 0 Å². The van der Waals surface area contributed by atoms with Crippen molar-refractivity contribution < 1.29 is 14.2 Å². The Morgan fingerprint density at radius 2 is 1.74 bits per heavy atom. The van der Waals surface area contributed by atoms with Crippen LogP contribution >= 0.6 is 0 Å². The van der Waals surface area contributed by atoms with Gasteiger partial charge in [0.25, 0.3) is 0 Å². The maximum Gasteiger partial charge on any atom is 0.164 e. The number of benzene rings is 1. The molecular formula is C14H22N2O3. The van der Waals surface area contributed by atoms with Crippen molar-refractivity contribution in [1.82, 2.24) is 5.32 Å². The molecule has 5 heteroatoms. The second kappa shape index (κ2) is 6.12. The monoisotopic (exact) mass is 266 g/mol. The molecule has 0 aliphatic carbocycles. The number of methoxy groups -OCH3 is 3. The van der Waals surface area contributed by atoms with Crippen LogP contribution in [0.15, 0.2) is 12.1 Å². The van der Waals surface area contributed by atoms with Crippen molar-refractivity contribution in [1.29, 1.82) is 0 Å². The van der Waals surface area contributed by atoms with Crippen LogP contribution in [0, 0.1) is 5.92 Å². The second-order valence-corrected chi connectivity index (χ2v) is 4.73. The minimum absolute atomic E-state index is 0.0650. The summed E-state index contributed by atoms with van der Waals surface area (Å²) in [6, 6.07) is 3.68. The van der Waals surface area contributed by atoms with Crippen LogP contribution < -0.4 is 25.3 Å². The lowest BCUT2D eigenvalue weighted by Gasteiger charge is -2.22. The summed E-state index contributed by atoms with van der Waals surface area (Å²) >= 11 is 0. The molecule has 0 saturated carbocycles. The third kappa shape index (κ3) is 2.77. The largest absolute Gasteiger partial charge is 0.496 e. The SMILES string of the molecule is COc1cc(OC)c(C(N)C2CCNC2)cc1OC. The maximum absolute atomic E-state index is 6.38. The van der Waals surface area contributed by atoms with Gasteiger partial charge in [-0.2, -0.15) is 0 Å². The Labute approximate surface area is 114 Å². The summed E-state index contributed by atoms with van der Waals surface area (Å²) in [4.78, 5) is 0. The number of nitrogens with two attached hydrogens (primary N) is 1. The molecule has 1 heterocycles. The fraction of sp³-hybridized carbons (Fsp3) is 0.571. The summed E-state index contributed by atoms with van der Waals surface area (Å²) in [5.74, 6) is 2.50. The van der Waals surface area contributed by atoms with E-state index in [9.17, 15) is 0 Å². The number of ether oxygens (including phenoxy) is 3. The molecule has 2 unspecified atom stereocenters. The van der Waals surface area contributed by atoms with Gasteiger partial charge < -0.3 is 25.3 Å². The second-order valence-electron chi connectivity index (χ2n) is 4.73. The standard InChI is InChI=1S/C14H22N2O3/c1-17-11-7-13(19-3)12(18-2)6-10(11)14(15)9-4-5-16-8-9/h6-7,9,14,16H,4-5,8,15H2,1-3H3. The quantitative estimate of drug-likeness (QED) is 0.841. The molecule has 5 nitrogen and oxygen atoms in total. The van der Waals surface area contributed by atoms with Crippen LogP contribution in [0.1, 0.15) is 18.0 Å².